The summed E-state index contributed by atoms with van der Waals surface area (Å²) in [6.45, 7) is 4.45. The van der Waals surface area contributed by atoms with Gasteiger partial charge in [0.1, 0.15) is 6.04 Å². The van der Waals surface area contributed by atoms with E-state index in [9.17, 15) is 14.4 Å². The summed E-state index contributed by atoms with van der Waals surface area (Å²) in [5, 5.41) is 20.3. The van der Waals surface area contributed by atoms with Crippen molar-refractivity contribution in [3.63, 3.8) is 0 Å². The van der Waals surface area contributed by atoms with Crippen LogP contribution in [0.3, 0.4) is 0 Å². The lowest BCUT2D eigenvalue weighted by Crippen LogP contribution is -2.44. The van der Waals surface area contributed by atoms with Crippen LogP contribution in [0.2, 0.25) is 0 Å². The quantitative estimate of drug-likeness (QED) is 0.566. The molecular formula is C18H31NO5. The maximum atomic E-state index is 12.2. The Hall–Kier alpha value is -1.59. The van der Waals surface area contributed by atoms with Gasteiger partial charge in [0.15, 0.2) is 0 Å². The first-order chi connectivity index (χ1) is 11.3. The topological polar surface area (TPSA) is 104 Å². The van der Waals surface area contributed by atoms with Gasteiger partial charge in [-0.2, -0.15) is 0 Å². The molecule has 1 aliphatic rings. The van der Waals surface area contributed by atoms with Gasteiger partial charge in [-0.05, 0) is 43.9 Å². The normalized spacial score (nSPS) is 22.1. The van der Waals surface area contributed by atoms with E-state index in [1.807, 2.05) is 0 Å². The molecule has 1 saturated carbocycles. The third-order valence-electron chi connectivity index (χ3n) is 4.87. The van der Waals surface area contributed by atoms with E-state index in [4.69, 9.17) is 10.2 Å². The molecule has 138 valence electrons. The minimum Gasteiger partial charge on any atom is -0.481 e. The Kier molecular flexibility index (Phi) is 8.79. The zero-order chi connectivity index (χ0) is 18.1. The lowest BCUT2D eigenvalue weighted by atomic mass is 9.79. The summed E-state index contributed by atoms with van der Waals surface area (Å²) in [5.41, 5.74) is 0. The molecule has 3 N–H and O–H groups in total. The monoisotopic (exact) mass is 341 g/mol. The van der Waals surface area contributed by atoms with E-state index in [0.717, 1.165) is 31.6 Å². The molecule has 6 heteroatoms. The molecule has 1 rings (SSSR count). The van der Waals surface area contributed by atoms with E-state index < -0.39 is 18.0 Å². The largest absolute Gasteiger partial charge is 0.481 e. The van der Waals surface area contributed by atoms with Crippen molar-refractivity contribution in [2.75, 3.05) is 0 Å². The summed E-state index contributed by atoms with van der Waals surface area (Å²) in [5.74, 6) is -1.21. The third kappa shape index (κ3) is 7.79. The predicted molar refractivity (Wildman–Crippen MR) is 90.6 cm³/mol. The van der Waals surface area contributed by atoms with Gasteiger partial charge in [0, 0.05) is 12.3 Å². The van der Waals surface area contributed by atoms with Crippen molar-refractivity contribution in [2.24, 2.45) is 17.8 Å². The van der Waals surface area contributed by atoms with Gasteiger partial charge in [0.05, 0.1) is 0 Å². The second-order valence-corrected chi connectivity index (χ2v) is 7.37. The van der Waals surface area contributed by atoms with Crippen molar-refractivity contribution < 1.29 is 24.6 Å². The molecule has 0 saturated heterocycles. The minimum absolute atomic E-state index is 0.0824. The molecule has 1 unspecified atom stereocenters. The molecule has 1 atom stereocenters. The van der Waals surface area contributed by atoms with Gasteiger partial charge in [0.25, 0.3) is 0 Å². The number of amides is 1. The molecular weight excluding hydrogens is 310 g/mol. The zero-order valence-corrected chi connectivity index (χ0v) is 14.8. The number of rotatable bonds is 10. The van der Waals surface area contributed by atoms with Gasteiger partial charge in [0.2, 0.25) is 5.91 Å². The summed E-state index contributed by atoms with van der Waals surface area (Å²) in [6.07, 6.45) is 6.96. The second kappa shape index (κ2) is 10.3. The van der Waals surface area contributed by atoms with Gasteiger partial charge >= 0.3 is 11.9 Å². The first-order valence-corrected chi connectivity index (χ1v) is 9.04. The molecule has 1 fully saturated rings. The molecule has 0 radical (unpaired) electrons. The van der Waals surface area contributed by atoms with Crippen LogP contribution in [0, 0.1) is 17.8 Å². The van der Waals surface area contributed by atoms with Crippen molar-refractivity contribution in [2.45, 2.75) is 77.7 Å². The maximum absolute atomic E-state index is 12.2. The number of carboxylic acids is 2. The minimum atomic E-state index is -1.17. The molecule has 0 spiro atoms. The van der Waals surface area contributed by atoms with Crippen LogP contribution in [-0.2, 0) is 14.4 Å². The van der Waals surface area contributed by atoms with Crippen LogP contribution in [0.4, 0.5) is 0 Å². The SMILES string of the molecule is CC(C)CCCC1CCC(C(=O)NC(CCC(=O)O)C(=O)O)CC1. The van der Waals surface area contributed by atoms with E-state index in [-0.39, 0.29) is 24.7 Å². The summed E-state index contributed by atoms with van der Waals surface area (Å²) in [6, 6.07) is -1.11. The van der Waals surface area contributed by atoms with Gasteiger partial charge in [-0.1, -0.05) is 33.1 Å². The van der Waals surface area contributed by atoms with Crippen LogP contribution in [0.1, 0.15) is 71.6 Å². The highest BCUT2D eigenvalue weighted by Crippen LogP contribution is 2.32. The summed E-state index contributed by atoms with van der Waals surface area (Å²) in [4.78, 5) is 34.0. The maximum Gasteiger partial charge on any atom is 0.326 e. The number of carbonyl (C=O) groups excluding carboxylic acids is 1. The Balaban J connectivity index is 2.35. The molecule has 1 amide bonds. The molecule has 0 aromatic rings. The van der Waals surface area contributed by atoms with Crippen molar-refractivity contribution in [1.29, 1.82) is 0 Å². The molecule has 0 aromatic carbocycles. The second-order valence-electron chi connectivity index (χ2n) is 7.37. The van der Waals surface area contributed by atoms with Gasteiger partial charge in [-0.15, -0.1) is 0 Å². The fraction of sp³-hybridized carbons (Fsp3) is 0.833. The van der Waals surface area contributed by atoms with E-state index in [0.29, 0.717) is 5.92 Å². The van der Waals surface area contributed by atoms with Gasteiger partial charge < -0.3 is 15.5 Å². The van der Waals surface area contributed by atoms with Crippen molar-refractivity contribution in [1.82, 2.24) is 5.32 Å². The number of hydrogen-bond acceptors (Lipinski definition) is 3. The molecule has 0 bridgehead atoms. The van der Waals surface area contributed by atoms with E-state index in [1.54, 1.807) is 0 Å². The molecule has 0 aromatic heterocycles. The van der Waals surface area contributed by atoms with Crippen molar-refractivity contribution in [3.8, 4) is 0 Å². The third-order valence-corrected chi connectivity index (χ3v) is 4.87. The molecule has 6 nitrogen and oxygen atoms in total. The van der Waals surface area contributed by atoms with E-state index in [1.165, 1.54) is 19.3 Å². The molecule has 0 heterocycles. The fourth-order valence-electron chi connectivity index (χ4n) is 3.34. The Labute approximate surface area is 144 Å². The highest BCUT2D eigenvalue weighted by Gasteiger charge is 2.29. The smallest absolute Gasteiger partial charge is 0.326 e. The van der Waals surface area contributed by atoms with E-state index >= 15 is 0 Å². The number of aliphatic carboxylic acids is 2. The Morgan fingerprint density at radius 1 is 1.04 bits per heavy atom. The first-order valence-electron chi connectivity index (χ1n) is 9.04. The summed E-state index contributed by atoms with van der Waals surface area (Å²) >= 11 is 0. The van der Waals surface area contributed by atoms with Crippen LogP contribution in [0.25, 0.3) is 0 Å². The van der Waals surface area contributed by atoms with Gasteiger partial charge in [-0.25, -0.2) is 4.79 Å². The molecule has 1 aliphatic carbocycles. The van der Waals surface area contributed by atoms with Crippen LogP contribution in [0.15, 0.2) is 0 Å². The first kappa shape index (κ1) is 20.5. The number of carbonyl (C=O) groups is 3. The predicted octanol–water partition coefficient (Wildman–Crippen LogP) is 3.05. The highest BCUT2D eigenvalue weighted by molar-refractivity contribution is 5.85. The zero-order valence-electron chi connectivity index (χ0n) is 14.8. The Bertz CT molecular complexity index is 427. The van der Waals surface area contributed by atoms with Crippen LogP contribution in [0.5, 0.6) is 0 Å². The lowest BCUT2D eigenvalue weighted by Gasteiger charge is -2.28. The molecule has 24 heavy (non-hydrogen) atoms. The van der Waals surface area contributed by atoms with Crippen LogP contribution >= 0.6 is 0 Å². The summed E-state index contributed by atoms with van der Waals surface area (Å²) in [7, 11) is 0. The van der Waals surface area contributed by atoms with E-state index in [2.05, 4.69) is 19.2 Å². The average Bonchev–Trinajstić information content (AvgIpc) is 2.51. The number of hydrogen-bond donors (Lipinski definition) is 3. The number of nitrogens with one attached hydrogen (secondary N) is 1. The Morgan fingerprint density at radius 2 is 1.67 bits per heavy atom. The van der Waals surface area contributed by atoms with Gasteiger partial charge in [-0.3, -0.25) is 9.59 Å². The lowest BCUT2D eigenvalue weighted by molar-refractivity contribution is -0.144. The fourth-order valence-corrected chi connectivity index (χ4v) is 3.34. The van der Waals surface area contributed by atoms with Crippen LogP contribution in [-0.4, -0.2) is 34.1 Å². The highest BCUT2D eigenvalue weighted by atomic mass is 16.4. The summed E-state index contributed by atoms with van der Waals surface area (Å²) < 4.78 is 0. The average molecular weight is 341 g/mol. The number of carboxylic acid groups (broad SMARTS) is 2. The van der Waals surface area contributed by atoms with Crippen molar-refractivity contribution in [3.05, 3.63) is 0 Å². The standard InChI is InChI=1S/C18H31NO5/c1-12(2)4-3-5-13-6-8-14(9-7-13)17(22)19-15(18(23)24)10-11-16(20)21/h12-15H,3-11H2,1-2H3,(H,19,22)(H,20,21)(H,23,24). The van der Waals surface area contributed by atoms with Crippen molar-refractivity contribution >= 4 is 17.8 Å². The molecule has 0 aliphatic heterocycles. The Morgan fingerprint density at radius 3 is 2.17 bits per heavy atom. The van der Waals surface area contributed by atoms with Crippen LogP contribution < -0.4 is 5.32 Å².